The summed E-state index contributed by atoms with van der Waals surface area (Å²) < 4.78 is 0. The molecule has 25 heavy (non-hydrogen) atoms. The summed E-state index contributed by atoms with van der Waals surface area (Å²) in [6.45, 7) is 2.56. The van der Waals surface area contributed by atoms with Crippen LogP contribution in [-0.4, -0.2) is 28.9 Å². The minimum absolute atomic E-state index is 0.165. The van der Waals surface area contributed by atoms with Crippen molar-refractivity contribution in [3.8, 4) is 0 Å². The largest absolute Gasteiger partial charge is 0.357 e. The molecule has 2 aromatic heterocycles. The van der Waals surface area contributed by atoms with Crippen LogP contribution in [0, 0.1) is 0 Å². The summed E-state index contributed by atoms with van der Waals surface area (Å²) in [5.74, 6) is 0.165. The highest BCUT2D eigenvalue weighted by molar-refractivity contribution is 7.14. The summed E-state index contributed by atoms with van der Waals surface area (Å²) >= 11 is 1.65. The molecule has 0 spiro atoms. The molecule has 1 unspecified atom stereocenters. The van der Waals surface area contributed by atoms with E-state index in [4.69, 9.17) is 0 Å². The Labute approximate surface area is 150 Å². The first-order valence-electron chi connectivity index (χ1n) is 9.00. The first-order valence-corrected chi connectivity index (χ1v) is 9.82. The van der Waals surface area contributed by atoms with Crippen LogP contribution in [0.3, 0.4) is 0 Å². The highest BCUT2D eigenvalue weighted by atomic mass is 32.1. The summed E-state index contributed by atoms with van der Waals surface area (Å²) in [6.07, 6.45) is 3.32. The fourth-order valence-electron chi connectivity index (χ4n) is 4.10. The van der Waals surface area contributed by atoms with Crippen molar-refractivity contribution in [2.24, 2.45) is 0 Å². The highest BCUT2D eigenvalue weighted by Crippen LogP contribution is 2.32. The van der Waals surface area contributed by atoms with E-state index in [1.807, 2.05) is 11.0 Å². The number of aromatic amines is 1. The van der Waals surface area contributed by atoms with Gasteiger partial charge in [-0.1, -0.05) is 18.2 Å². The predicted octanol–water partition coefficient (Wildman–Crippen LogP) is 3.85. The molecule has 4 nitrogen and oxygen atoms in total. The van der Waals surface area contributed by atoms with E-state index >= 15 is 0 Å². The van der Waals surface area contributed by atoms with Crippen LogP contribution in [0.4, 0.5) is 0 Å². The number of amides is 1. The Kier molecular flexibility index (Phi) is 3.64. The van der Waals surface area contributed by atoms with Gasteiger partial charge in [-0.2, -0.15) is 0 Å². The van der Waals surface area contributed by atoms with Crippen LogP contribution in [-0.2, 0) is 13.0 Å². The zero-order valence-electron chi connectivity index (χ0n) is 14.0. The van der Waals surface area contributed by atoms with Crippen molar-refractivity contribution < 1.29 is 4.79 Å². The third-order valence-corrected chi connectivity index (χ3v) is 6.60. The van der Waals surface area contributed by atoms with Gasteiger partial charge in [-0.15, -0.1) is 11.3 Å². The van der Waals surface area contributed by atoms with E-state index < -0.39 is 0 Å². The molecule has 128 valence electrons. The second kappa shape index (κ2) is 6.00. The third kappa shape index (κ3) is 2.58. The van der Waals surface area contributed by atoms with Gasteiger partial charge in [0.05, 0.1) is 11.4 Å². The summed E-state index contributed by atoms with van der Waals surface area (Å²) in [5.41, 5.74) is 3.74. The molecule has 0 radical (unpaired) electrons. The molecule has 5 rings (SSSR count). The van der Waals surface area contributed by atoms with Gasteiger partial charge in [-0.25, -0.2) is 0 Å². The number of aromatic nitrogens is 1. The first kappa shape index (κ1) is 15.2. The van der Waals surface area contributed by atoms with Crippen molar-refractivity contribution >= 4 is 28.1 Å². The van der Waals surface area contributed by atoms with Crippen LogP contribution in [0.1, 0.15) is 44.7 Å². The van der Waals surface area contributed by atoms with Gasteiger partial charge in [0.2, 0.25) is 0 Å². The number of para-hydroxylation sites is 1. The fraction of sp³-hybridized carbons (Fsp3) is 0.350. The number of nitrogens with one attached hydrogen (secondary N) is 2. The van der Waals surface area contributed by atoms with E-state index in [-0.39, 0.29) is 5.91 Å². The number of H-pyrrole nitrogens is 1. The molecular weight excluding hydrogens is 330 g/mol. The zero-order valence-corrected chi connectivity index (χ0v) is 14.9. The van der Waals surface area contributed by atoms with E-state index in [1.54, 1.807) is 11.3 Å². The number of thiophene rings is 1. The van der Waals surface area contributed by atoms with Crippen molar-refractivity contribution in [2.75, 3.05) is 13.1 Å². The minimum Gasteiger partial charge on any atom is -0.357 e. The number of rotatable bonds is 2. The van der Waals surface area contributed by atoms with E-state index in [2.05, 4.69) is 40.6 Å². The highest BCUT2D eigenvalue weighted by Gasteiger charge is 2.26. The van der Waals surface area contributed by atoms with Crippen molar-refractivity contribution in [3.05, 3.63) is 57.4 Å². The molecule has 2 aliphatic rings. The lowest BCUT2D eigenvalue weighted by atomic mass is 10.0. The molecule has 1 atom stereocenters. The first-order chi connectivity index (χ1) is 12.3. The maximum absolute atomic E-state index is 13.0. The Morgan fingerprint density at radius 2 is 2.12 bits per heavy atom. The molecule has 0 saturated carbocycles. The van der Waals surface area contributed by atoms with Gasteiger partial charge in [0, 0.05) is 34.1 Å². The molecule has 4 heterocycles. The normalized spacial score (nSPS) is 20.2. The van der Waals surface area contributed by atoms with Gasteiger partial charge >= 0.3 is 0 Å². The van der Waals surface area contributed by atoms with Crippen LogP contribution >= 0.6 is 11.3 Å². The van der Waals surface area contributed by atoms with Crippen molar-refractivity contribution in [1.29, 1.82) is 0 Å². The van der Waals surface area contributed by atoms with Crippen LogP contribution in [0.25, 0.3) is 10.9 Å². The number of carbonyl (C=O) groups is 1. The molecule has 1 aromatic carbocycles. The van der Waals surface area contributed by atoms with E-state index in [9.17, 15) is 4.79 Å². The topological polar surface area (TPSA) is 48.1 Å². The van der Waals surface area contributed by atoms with Crippen LogP contribution in [0.5, 0.6) is 0 Å². The number of nitrogens with zero attached hydrogens (tertiary/aromatic N) is 1. The number of hydrogen-bond acceptors (Lipinski definition) is 3. The average molecular weight is 351 g/mol. The van der Waals surface area contributed by atoms with Gasteiger partial charge in [-0.05, 0) is 49.6 Å². The molecule has 5 heteroatoms. The van der Waals surface area contributed by atoms with Gasteiger partial charge in [0.15, 0.2) is 0 Å². The predicted molar refractivity (Wildman–Crippen MR) is 101 cm³/mol. The minimum atomic E-state index is 0.165. The van der Waals surface area contributed by atoms with Gasteiger partial charge in [0.25, 0.3) is 5.91 Å². The Balaban J connectivity index is 1.38. The molecule has 3 aromatic rings. The van der Waals surface area contributed by atoms with Crippen molar-refractivity contribution in [2.45, 2.75) is 31.8 Å². The van der Waals surface area contributed by atoms with Crippen LogP contribution < -0.4 is 5.32 Å². The average Bonchev–Trinajstić information content (AvgIpc) is 3.38. The number of hydrogen-bond donors (Lipinski definition) is 2. The molecular formula is C20H21N3OS. The van der Waals surface area contributed by atoms with Crippen LogP contribution in [0.2, 0.25) is 0 Å². The Hall–Kier alpha value is -2.11. The SMILES string of the molecule is O=C(c1ccc(C2CCCN2)s1)N1CCc2c([nH]c3ccccc23)C1. The zero-order chi connectivity index (χ0) is 16.8. The van der Waals surface area contributed by atoms with Crippen LogP contribution in [0.15, 0.2) is 36.4 Å². The maximum Gasteiger partial charge on any atom is 0.264 e. The Morgan fingerprint density at radius 1 is 1.20 bits per heavy atom. The number of fused-ring (bicyclic) bond motifs is 3. The molecule has 0 bridgehead atoms. The lowest BCUT2D eigenvalue weighted by Gasteiger charge is -2.26. The molecule has 1 saturated heterocycles. The molecule has 2 aliphatic heterocycles. The lowest BCUT2D eigenvalue weighted by molar-refractivity contribution is 0.0738. The van der Waals surface area contributed by atoms with Gasteiger partial charge in [-0.3, -0.25) is 4.79 Å². The number of carbonyl (C=O) groups excluding carboxylic acids is 1. The summed E-state index contributed by atoms with van der Waals surface area (Å²) in [7, 11) is 0. The maximum atomic E-state index is 13.0. The molecule has 1 fully saturated rings. The molecule has 2 N–H and O–H groups in total. The number of benzene rings is 1. The monoisotopic (exact) mass is 351 g/mol. The standard InChI is InChI=1S/C20H21N3OS/c24-20(19-8-7-18(25-19)16-6-3-10-21-16)23-11-9-14-13-4-1-2-5-15(13)22-17(14)12-23/h1-2,4-5,7-8,16,21-22H,3,6,9-12H2. The fourth-order valence-corrected chi connectivity index (χ4v) is 5.19. The summed E-state index contributed by atoms with van der Waals surface area (Å²) in [5, 5.41) is 4.81. The second-order valence-corrected chi connectivity index (χ2v) is 8.07. The van der Waals surface area contributed by atoms with Crippen molar-refractivity contribution in [3.63, 3.8) is 0 Å². The van der Waals surface area contributed by atoms with E-state index in [0.717, 1.165) is 24.4 Å². The second-order valence-electron chi connectivity index (χ2n) is 6.96. The summed E-state index contributed by atoms with van der Waals surface area (Å²) in [4.78, 5) is 20.6. The van der Waals surface area contributed by atoms with Gasteiger partial charge < -0.3 is 15.2 Å². The van der Waals surface area contributed by atoms with Gasteiger partial charge in [0.1, 0.15) is 0 Å². The van der Waals surface area contributed by atoms with Crippen molar-refractivity contribution in [1.82, 2.24) is 15.2 Å². The third-order valence-electron chi connectivity index (χ3n) is 5.41. The lowest BCUT2D eigenvalue weighted by Crippen LogP contribution is -2.35. The molecule has 1 amide bonds. The smallest absolute Gasteiger partial charge is 0.264 e. The molecule has 0 aliphatic carbocycles. The Bertz CT molecular complexity index is 935. The quantitative estimate of drug-likeness (QED) is 0.737. The summed E-state index contributed by atoms with van der Waals surface area (Å²) in [6, 6.07) is 13.0. The Morgan fingerprint density at radius 3 is 3.00 bits per heavy atom. The van der Waals surface area contributed by atoms with E-state index in [0.29, 0.717) is 12.6 Å². The van der Waals surface area contributed by atoms with E-state index in [1.165, 1.54) is 39.9 Å².